The van der Waals surface area contributed by atoms with E-state index in [2.05, 4.69) is 10.1 Å². The van der Waals surface area contributed by atoms with E-state index in [1.807, 2.05) is 0 Å². The maximum atomic E-state index is 10.9. The molecule has 0 aromatic rings. The van der Waals surface area contributed by atoms with Crippen molar-refractivity contribution in [1.82, 2.24) is 5.32 Å². The quantitative estimate of drug-likeness (QED) is 0.304. The minimum Gasteiger partial charge on any atom is -0.468 e. The van der Waals surface area contributed by atoms with Gasteiger partial charge in [0.05, 0.1) is 7.11 Å². The second-order valence-electron chi connectivity index (χ2n) is 2.37. The molecule has 1 aliphatic rings. The number of carbonyl (C=O) groups is 2. The first-order chi connectivity index (χ1) is 4.75. The molecule has 1 rings (SSSR count). The van der Waals surface area contributed by atoms with Crippen LogP contribution in [-0.2, 0) is 14.3 Å². The van der Waals surface area contributed by atoms with E-state index < -0.39 is 11.4 Å². The van der Waals surface area contributed by atoms with Crippen LogP contribution in [0.25, 0.3) is 0 Å². The summed E-state index contributed by atoms with van der Waals surface area (Å²) >= 11 is 0. The molecule has 1 aliphatic heterocycles. The Morgan fingerprint density at radius 1 is 1.70 bits per heavy atom. The van der Waals surface area contributed by atoms with Crippen LogP contribution in [0.3, 0.4) is 0 Å². The molecule has 0 spiro atoms. The molecule has 0 atom stereocenters. The molecule has 0 amide bonds. The van der Waals surface area contributed by atoms with Crippen LogP contribution in [0, 0.1) is 5.41 Å². The normalized spacial score (nSPS) is 20.9. The van der Waals surface area contributed by atoms with Crippen LogP contribution in [0.5, 0.6) is 0 Å². The van der Waals surface area contributed by atoms with Crippen LogP contribution in [0.15, 0.2) is 0 Å². The van der Waals surface area contributed by atoms with Crippen molar-refractivity contribution in [2.75, 3.05) is 20.2 Å². The van der Waals surface area contributed by atoms with E-state index in [1.54, 1.807) is 0 Å². The van der Waals surface area contributed by atoms with E-state index in [-0.39, 0.29) is 0 Å². The number of esters is 1. The molecule has 4 heteroatoms. The van der Waals surface area contributed by atoms with Gasteiger partial charge in [-0.25, -0.2) is 0 Å². The molecule has 4 nitrogen and oxygen atoms in total. The number of methoxy groups -OCH3 is 1. The van der Waals surface area contributed by atoms with Gasteiger partial charge < -0.3 is 14.8 Å². The van der Waals surface area contributed by atoms with Crippen molar-refractivity contribution in [2.24, 2.45) is 5.41 Å². The Morgan fingerprint density at radius 2 is 2.30 bits per heavy atom. The van der Waals surface area contributed by atoms with Crippen molar-refractivity contribution in [3.63, 3.8) is 0 Å². The minimum atomic E-state index is -0.880. The highest BCUT2D eigenvalue weighted by Crippen LogP contribution is 2.20. The maximum absolute atomic E-state index is 10.9. The van der Waals surface area contributed by atoms with Gasteiger partial charge >= 0.3 is 5.97 Å². The molecule has 0 saturated carbocycles. The van der Waals surface area contributed by atoms with Gasteiger partial charge in [0, 0.05) is 13.1 Å². The van der Waals surface area contributed by atoms with Gasteiger partial charge in [0.25, 0.3) is 0 Å². The van der Waals surface area contributed by atoms with Crippen LogP contribution in [0.1, 0.15) is 0 Å². The molecule has 0 unspecified atom stereocenters. The smallest absolute Gasteiger partial charge is 0.321 e. The van der Waals surface area contributed by atoms with Crippen LogP contribution in [0.2, 0.25) is 0 Å². The number of nitrogens with one attached hydrogen (secondary N) is 1. The number of aldehydes is 1. The van der Waals surface area contributed by atoms with Gasteiger partial charge in [-0.2, -0.15) is 0 Å². The summed E-state index contributed by atoms with van der Waals surface area (Å²) in [5.74, 6) is -0.443. The summed E-state index contributed by atoms with van der Waals surface area (Å²) in [6.07, 6.45) is 0.648. The first-order valence-corrected chi connectivity index (χ1v) is 3.01. The Hall–Kier alpha value is -0.900. The second kappa shape index (κ2) is 2.38. The first kappa shape index (κ1) is 7.21. The lowest BCUT2D eigenvalue weighted by molar-refractivity contribution is -0.157. The molecule has 1 N–H and O–H groups in total. The Kier molecular flexibility index (Phi) is 1.72. The Bertz CT molecular complexity index is 162. The van der Waals surface area contributed by atoms with Crippen molar-refractivity contribution in [1.29, 1.82) is 0 Å². The third-order valence-electron chi connectivity index (χ3n) is 1.70. The molecule has 10 heavy (non-hydrogen) atoms. The highest BCUT2D eigenvalue weighted by molar-refractivity contribution is 5.95. The van der Waals surface area contributed by atoms with Crippen molar-refractivity contribution in [2.45, 2.75) is 0 Å². The highest BCUT2D eigenvalue weighted by atomic mass is 16.5. The number of rotatable bonds is 2. The predicted octanol–water partition coefficient (Wildman–Crippen LogP) is -1.05. The van der Waals surface area contributed by atoms with Gasteiger partial charge in [0.2, 0.25) is 0 Å². The van der Waals surface area contributed by atoms with E-state index in [1.165, 1.54) is 7.11 Å². The van der Waals surface area contributed by atoms with Gasteiger partial charge in [-0.3, -0.25) is 4.79 Å². The molecule has 1 fully saturated rings. The van der Waals surface area contributed by atoms with Gasteiger partial charge in [-0.1, -0.05) is 0 Å². The SMILES string of the molecule is COC(=O)C1(C=O)CNC1. The zero-order chi connectivity index (χ0) is 7.61. The summed E-state index contributed by atoms with van der Waals surface area (Å²) in [4.78, 5) is 21.2. The molecule has 0 radical (unpaired) electrons. The fraction of sp³-hybridized carbons (Fsp3) is 0.667. The Morgan fingerprint density at radius 3 is 2.40 bits per heavy atom. The standard InChI is InChI=1S/C6H9NO3/c1-10-5(9)6(4-8)2-7-3-6/h4,7H,2-3H2,1H3. The lowest BCUT2D eigenvalue weighted by atomic mass is 9.84. The third kappa shape index (κ3) is 0.806. The zero-order valence-electron chi connectivity index (χ0n) is 5.72. The number of ether oxygens (including phenoxy) is 1. The monoisotopic (exact) mass is 143 g/mol. The number of hydrogen-bond donors (Lipinski definition) is 1. The molecule has 0 aromatic heterocycles. The van der Waals surface area contributed by atoms with Crippen LogP contribution in [0.4, 0.5) is 0 Å². The molecule has 56 valence electrons. The van der Waals surface area contributed by atoms with E-state index in [0.29, 0.717) is 19.4 Å². The number of hydrogen-bond acceptors (Lipinski definition) is 4. The summed E-state index contributed by atoms with van der Waals surface area (Å²) in [5.41, 5.74) is -0.880. The van der Waals surface area contributed by atoms with Crippen LogP contribution in [-0.4, -0.2) is 32.5 Å². The third-order valence-corrected chi connectivity index (χ3v) is 1.70. The summed E-state index contributed by atoms with van der Waals surface area (Å²) in [7, 11) is 1.28. The summed E-state index contributed by atoms with van der Waals surface area (Å²) < 4.78 is 4.44. The molecule has 1 saturated heterocycles. The first-order valence-electron chi connectivity index (χ1n) is 3.01. The average molecular weight is 143 g/mol. The topological polar surface area (TPSA) is 55.4 Å². The lowest BCUT2D eigenvalue weighted by Crippen LogP contribution is -2.59. The molecular weight excluding hydrogens is 134 g/mol. The Labute approximate surface area is 58.5 Å². The fourth-order valence-corrected chi connectivity index (χ4v) is 0.873. The predicted molar refractivity (Wildman–Crippen MR) is 33.4 cm³/mol. The van der Waals surface area contributed by atoms with E-state index in [0.717, 1.165) is 0 Å². The highest BCUT2D eigenvalue weighted by Gasteiger charge is 2.45. The minimum absolute atomic E-state index is 0.406. The van der Waals surface area contributed by atoms with Gasteiger partial charge in [-0.15, -0.1) is 0 Å². The molecule has 0 aromatic carbocycles. The van der Waals surface area contributed by atoms with Crippen molar-refractivity contribution in [3.8, 4) is 0 Å². The summed E-state index contributed by atoms with van der Waals surface area (Å²) in [6, 6.07) is 0. The molecular formula is C6H9NO3. The van der Waals surface area contributed by atoms with Crippen LogP contribution >= 0.6 is 0 Å². The van der Waals surface area contributed by atoms with Gasteiger partial charge in [0.15, 0.2) is 0 Å². The van der Waals surface area contributed by atoms with Gasteiger partial charge in [-0.05, 0) is 0 Å². The zero-order valence-corrected chi connectivity index (χ0v) is 5.72. The lowest BCUT2D eigenvalue weighted by Gasteiger charge is -2.34. The average Bonchev–Trinajstić information content (AvgIpc) is 1.86. The van der Waals surface area contributed by atoms with Gasteiger partial charge in [0.1, 0.15) is 11.7 Å². The van der Waals surface area contributed by atoms with E-state index in [9.17, 15) is 9.59 Å². The molecule has 0 aliphatic carbocycles. The molecule has 0 bridgehead atoms. The van der Waals surface area contributed by atoms with Crippen molar-refractivity contribution < 1.29 is 14.3 Å². The maximum Gasteiger partial charge on any atom is 0.321 e. The van der Waals surface area contributed by atoms with E-state index >= 15 is 0 Å². The van der Waals surface area contributed by atoms with Crippen molar-refractivity contribution in [3.05, 3.63) is 0 Å². The summed E-state index contributed by atoms with van der Waals surface area (Å²) in [5, 5.41) is 2.84. The molecule has 1 heterocycles. The number of carbonyl (C=O) groups excluding carboxylic acids is 2. The van der Waals surface area contributed by atoms with Crippen LogP contribution < -0.4 is 5.32 Å². The van der Waals surface area contributed by atoms with Crippen molar-refractivity contribution >= 4 is 12.3 Å². The summed E-state index contributed by atoms with van der Waals surface area (Å²) in [6.45, 7) is 0.812. The Balaban J connectivity index is 2.64. The fourth-order valence-electron chi connectivity index (χ4n) is 0.873. The van der Waals surface area contributed by atoms with E-state index in [4.69, 9.17) is 0 Å². The largest absolute Gasteiger partial charge is 0.468 e. The second-order valence-corrected chi connectivity index (χ2v) is 2.37.